The second kappa shape index (κ2) is 5.53. The summed E-state index contributed by atoms with van der Waals surface area (Å²) in [5.41, 5.74) is 1.19. The standard InChI is InChI=1S/C14H14N4O2/c1-10(6-8-15)17(2)12-7-9-16-14-11(12)4-3-5-13(14)18(19)20/h3-5,7,9-10H,6H2,1-2H3. The van der Waals surface area contributed by atoms with Gasteiger partial charge in [-0.3, -0.25) is 10.1 Å². The van der Waals surface area contributed by atoms with Crippen molar-refractivity contribution >= 4 is 22.3 Å². The zero-order valence-electron chi connectivity index (χ0n) is 11.3. The van der Waals surface area contributed by atoms with Gasteiger partial charge in [0.1, 0.15) is 5.52 Å². The van der Waals surface area contributed by atoms with E-state index in [2.05, 4.69) is 11.1 Å². The van der Waals surface area contributed by atoms with Crippen molar-refractivity contribution in [2.45, 2.75) is 19.4 Å². The van der Waals surface area contributed by atoms with Crippen LogP contribution in [0.5, 0.6) is 0 Å². The number of para-hydroxylation sites is 1. The molecule has 1 aromatic carbocycles. The molecule has 0 bridgehead atoms. The van der Waals surface area contributed by atoms with Crippen LogP contribution in [-0.2, 0) is 0 Å². The zero-order chi connectivity index (χ0) is 14.7. The smallest absolute Gasteiger partial charge is 0.295 e. The van der Waals surface area contributed by atoms with Gasteiger partial charge in [0.15, 0.2) is 0 Å². The number of nitrogens with zero attached hydrogens (tertiary/aromatic N) is 4. The molecule has 0 fully saturated rings. The van der Waals surface area contributed by atoms with Gasteiger partial charge in [0.05, 0.1) is 17.4 Å². The third-order valence-electron chi connectivity index (χ3n) is 3.35. The second-order valence-electron chi connectivity index (χ2n) is 4.58. The molecule has 6 nitrogen and oxygen atoms in total. The highest BCUT2D eigenvalue weighted by Gasteiger charge is 2.18. The van der Waals surface area contributed by atoms with Crippen LogP contribution < -0.4 is 4.90 Å². The maximum atomic E-state index is 11.0. The van der Waals surface area contributed by atoms with Gasteiger partial charge in [0.25, 0.3) is 5.69 Å². The molecule has 0 aliphatic carbocycles. The van der Waals surface area contributed by atoms with Gasteiger partial charge in [-0.15, -0.1) is 0 Å². The molecule has 0 amide bonds. The van der Waals surface area contributed by atoms with Gasteiger partial charge in [-0.25, -0.2) is 4.98 Å². The van der Waals surface area contributed by atoms with Crippen molar-refractivity contribution < 1.29 is 4.92 Å². The Morgan fingerprint density at radius 1 is 1.50 bits per heavy atom. The summed E-state index contributed by atoms with van der Waals surface area (Å²) in [4.78, 5) is 16.7. The molecule has 0 saturated heterocycles. The first-order valence-corrected chi connectivity index (χ1v) is 6.18. The average molecular weight is 270 g/mol. The van der Waals surface area contributed by atoms with Crippen LogP contribution in [0.25, 0.3) is 10.9 Å². The highest BCUT2D eigenvalue weighted by Crippen LogP contribution is 2.31. The fraction of sp³-hybridized carbons (Fsp3) is 0.286. The van der Waals surface area contributed by atoms with Crippen molar-refractivity contribution in [2.75, 3.05) is 11.9 Å². The van der Waals surface area contributed by atoms with Gasteiger partial charge in [-0.2, -0.15) is 5.26 Å². The number of anilines is 1. The van der Waals surface area contributed by atoms with E-state index in [1.165, 1.54) is 6.07 Å². The van der Waals surface area contributed by atoms with Crippen LogP contribution in [0, 0.1) is 21.4 Å². The number of hydrogen-bond acceptors (Lipinski definition) is 5. The lowest BCUT2D eigenvalue weighted by molar-refractivity contribution is -0.383. The minimum atomic E-state index is -0.433. The second-order valence-corrected chi connectivity index (χ2v) is 4.58. The van der Waals surface area contributed by atoms with Crippen molar-refractivity contribution in [3.63, 3.8) is 0 Å². The summed E-state index contributed by atoms with van der Waals surface area (Å²) in [5.74, 6) is 0. The quantitative estimate of drug-likeness (QED) is 0.630. The maximum Gasteiger partial charge on any atom is 0.295 e. The van der Waals surface area contributed by atoms with Crippen LogP contribution in [0.2, 0.25) is 0 Å². The van der Waals surface area contributed by atoms with E-state index in [1.807, 2.05) is 18.9 Å². The fourth-order valence-electron chi connectivity index (χ4n) is 2.11. The Hall–Kier alpha value is -2.68. The maximum absolute atomic E-state index is 11.0. The molecule has 6 heteroatoms. The number of rotatable bonds is 4. The van der Waals surface area contributed by atoms with Crippen LogP contribution >= 0.6 is 0 Å². The van der Waals surface area contributed by atoms with Crippen molar-refractivity contribution in [1.82, 2.24) is 4.98 Å². The Morgan fingerprint density at radius 2 is 2.25 bits per heavy atom. The van der Waals surface area contributed by atoms with E-state index < -0.39 is 4.92 Å². The van der Waals surface area contributed by atoms with E-state index >= 15 is 0 Å². The molecule has 1 aromatic heterocycles. The number of benzene rings is 1. The molecule has 2 aromatic rings. The van der Waals surface area contributed by atoms with Crippen molar-refractivity contribution in [2.24, 2.45) is 0 Å². The highest BCUT2D eigenvalue weighted by atomic mass is 16.6. The normalized spacial score (nSPS) is 11.8. The first-order chi connectivity index (χ1) is 9.56. The van der Waals surface area contributed by atoms with Crippen LogP contribution in [0.4, 0.5) is 11.4 Å². The topological polar surface area (TPSA) is 83.1 Å². The van der Waals surface area contributed by atoms with E-state index in [-0.39, 0.29) is 11.7 Å². The molecule has 102 valence electrons. The first-order valence-electron chi connectivity index (χ1n) is 6.18. The van der Waals surface area contributed by atoms with Crippen LogP contribution in [-0.4, -0.2) is 23.0 Å². The summed E-state index contributed by atoms with van der Waals surface area (Å²) < 4.78 is 0. The Bertz CT molecular complexity index is 693. The zero-order valence-corrected chi connectivity index (χ0v) is 11.3. The molecule has 20 heavy (non-hydrogen) atoms. The third kappa shape index (κ3) is 2.38. The monoisotopic (exact) mass is 270 g/mol. The summed E-state index contributed by atoms with van der Waals surface area (Å²) in [6.45, 7) is 1.94. The van der Waals surface area contributed by atoms with Gasteiger partial charge >= 0.3 is 0 Å². The van der Waals surface area contributed by atoms with Crippen molar-refractivity contribution in [3.05, 3.63) is 40.6 Å². The first kappa shape index (κ1) is 13.7. The van der Waals surface area contributed by atoms with Gasteiger partial charge in [0.2, 0.25) is 0 Å². The molecule has 0 radical (unpaired) electrons. The molecule has 1 atom stereocenters. The summed E-state index contributed by atoms with van der Waals surface area (Å²) in [5, 5.41) is 20.5. The number of pyridine rings is 1. The van der Waals surface area contributed by atoms with Gasteiger partial charge < -0.3 is 4.90 Å². The predicted octanol–water partition coefficient (Wildman–Crippen LogP) is 2.88. The summed E-state index contributed by atoms with van der Waals surface area (Å²) in [7, 11) is 1.87. The Labute approximate surface area is 116 Å². The number of hydrogen-bond donors (Lipinski definition) is 0. The molecule has 0 aliphatic rings. The lowest BCUT2D eigenvalue weighted by Gasteiger charge is -2.26. The number of nitro groups is 1. The van der Waals surface area contributed by atoms with Crippen molar-refractivity contribution in [3.8, 4) is 6.07 Å². The SMILES string of the molecule is CC(CC#N)N(C)c1ccnc2c([N+](=O)[O-])cccc12. The van der Waals surface area contributed by atoms with E-state index in [0.717, 1.165) is 5.69 Å². The number of nitro benzene ring substituents is 1. The Morgan fingerprint density at radius 3 is 2.90 bits per heavy atom. The summed E-state index contributed by atoms with van der Waals surface area (Å²) in [6, 6.07) is 8.85. The van der Waals surface area contributed by atoms with E-state index in [1.54, 1.807) is 24.4 Å². The lowest BCUT2D eigenvalue weighted by atomic mass is 10.1. The van der Waals surface area contributed by atoms with Crippen LogP contribution in [0.3, 0.4) is 0 Å². The number of aromatic nitrogens is 1. The molecular formula is C14H14N4O2. The molecular weight excluding hydrogens is 256 g/mol. The fourth-order valence-corrected chi connectivity index (χ4v) is 2.11. The predicted molar refractivity (Wildman–Crippen MR) is 76.5 cm³/mol. The van der Waals surface area contributed by atoms with Gasteiger partial charge in [-0.1, -0.05) is 12.1 Å². The van der Waals surface area contributed by atoms with E-state index in [9.17, 15) is 10.1 Å². The molecule has 2 rings (SSSR count). The number of non-ortho nitro benzene ring substituents is 1. The largest absolute Gasteiger partial charge is 0.370 e. The van der Waals surface area contributed by atoms with Crippen LogP contribution in [0.15, 0.2) is 30.5 Å². The third-order valence-corrected chi connectivity index (χ3v) is 3.35. The number of nitriles is 1. The molecule has 1 heterocycles. The molecule has 0 spiro atoms. The molecule has 1 unspecified atom stereocenters. The van der Waals surface area contributed by atoms with Crippen LogP contribution in [0.1, 0.15) is 13.3 Å². The Kier molecular flexibility index (Phi) is 3.80. The molecule has 0 saturated carbocycles. The Balaban J connectivity index is 2.59. The van der Waals surface area contributed by atoms with Crippen molar-refractivity contribution in [1.29, 1.82) is 5.26 Å². The van der Waals surface area contributed by atoms with Gasteiger partial charge in [-0.05, 0) is 13.0 Å². The molecule has 0 N–H and O–H groups in total. The van der Waals surface area contributed by atoms with E-state index in [4.69, 9.17) is 5.26 Å². The summed E-state index contributed by atoms with van der Waals surface area (Å²) >= 11 is 0. The number of fused-ring (bicyclic) bond motifs is 1. The van der Waals surface area contributed by atoms with E-state index in [0.29, 0.717) is 17.3 Å². The summed E-state index contributed by atoms with van der Waals surface area (Å²) in [6.07, 6.45) is 1.94. The lowest BCUT2D eigenvalue weighted by Crippen LogP contribution is -2.28. The minimum Gasteiger partial charge on any atom is -0.370 e. The average Bonchev–Trinajstić information content (AvgIpc) is 2.45. The molecule has 0 aliphatic heterocycles. The van der Waals surface area contributed by atoms with Gasteiger partial charge in [0, 0.05) is 36.4 Å². The highest BCUT2D eigenvalue weighted by molar-refractivity contribution is 5.96. The minimum absolute atomic E-state index is 0.00862.